The average molecular weight is 508 g/mol. The van der Waals surface area contributed by atoms with Gasteiger partial charge in [0.25, 0.3) is 5.91 Å². The Bertz CT molecular complexity index is 1510. The number of fused-ring (bicyclic) bond motifs is 1. The van der Waals surface area contributed by atoms with E-state index in [2.05, 4.69) is 9.97 Å². The maximum absolute atomic E-state index is 14.5. The summed E-state index contributed by atoms with van der Waals surface area (Å²) >= 11 is 0. The van der Waals surface area contributed by atoms with Crippen molar-refractivity contribution in [3.63, 3.8) is 0 Å². The zero-order valence-corrected chi connectivity index (χ0v) is 20.1. The fourth-order valence-electron chi connectivity index (χ4n) is 4.16. The topological polar surface area (TPSA) is 120 Å². The molecule has 0 spiro atoms. The van der Waals surface area contributed by atoms with Crippen LogP contribution in [-0.2, 0) is 15.5 Å². The molecule has 9 nitrogen and oxygen atoms in total. The van der Waals surface area contributed by atoms with E-state index >= 15 is 0 Å². The lowest BCUT2D eigenvalue weighted by Gasteiger charge is -2.26. The summed E-state index contributed by atoms with van der Waals surface area (Å²) in [6, 6.07) is 9.19. The summed E-state index contributed by atoms with van der Waals surface area (Å²) in [6.45, 7) is 2.03. The predicted octanol–water partition coefficient (Wildman–Crippen LogP) is 2.54. The highest BCUT2D eigenvalue weighted by molar-refractivity contribution is 7.84. The summed E-state index contributed by atoms with van der Waals surface area (Å²) in [5.74, 6) is -1.19. The molecule has 1 saturated heterocycles. The number of carbonyl (C=O) groups is 2. The van der Waals surface area contributed by atoms with Crippen LogP contribution in [0.5, 0.6) is 0 Å². The zero-order chi connectivity index (χ0) is 25.4. The summed E-state index contributed by atoms with van der Waals surface area (Å²) in [7, 11) is -1.30. The molecule has 2 amide bonds. The van der Waals surface area contributed by atoms with Crippen molar-refractivity contribution in [3.8, 4) is 17.1 Å². The molecular weight excluding hydrogens is 485 g/mol. The van der Waals surface area contributed by atoms with Gasteiger partial charge in [-0.2, -0.15) is 0 Å². The van der Waals surface area contributed by atoms with Crippen molar-refractivity contribution in [1.82, 2.24) is 19.4 Å². The lowest BCUT2D eigenvalue weighted by molar-refractivity contribution is 0.0303. The fraction of sp³-hybridized carbons (Fsp3) is 0.200. The van der Waals surface area contributed by atoms with Crippen molar-refractivity contribution in [3.05, 3.63) is 71.9 Å². The van der Waals surface area contributed by atoms with E-state index < -0.39 is 22.5 Å². The highest BCUT2D eigenvalue weighted by Gasteiger charge is 2.21. The molecular formula is C25H22FN5O4S. The number of nitrogens with zero attached hydrogens (tertiary/aromatic N) is 4. The van der Waals surface area contributed by atoms with Crippen LogP contribution in [0, 0.1) is 5.82 Å². The van der Waals surface area contributed by atoms with Crippen LogP contribution in [0.25, 0.3) is 28.0 Å². The molecule has 1 unspecified atom stereocenters. The Morgan fingerprint density at radius 1 is 1.06 bits per heavy atom. The van der Waals surface area contributed by atoms with Crippen molar-refractivity contribution < 1.29 is 22.9 Å². The van der Waals surface area contributed by atoms with Crippen molar-refractivity contribution in [2.75, 3.05) is 32.6 Å². The van der Waals surface area contributed by atoms with Gasteiger partial charge in [-0.1, -0.05) is 12.1 Å². The van der Waals surface area contributed by atoms with Gasteiger partial charge in [-0.3, -0.25) is 18.4 Å². The van der Waals surface area contributed by atoms with Crippen LogP contribution < -0.4 is 5.73 Å². The smallest absolute Gasteiger partial charge is 0.254 e. The fourth-order valence-corrected chi connectivity index (χ4v) is 4.90. The van der Waals surface area contributed by atoms with Crippen LogP contribution >= 0.6 is 0 Å². The van der Waals surface area contributed by atoms with Crippen LogP contribution in [0.1, 0.15) is 20.7 Å². The second kappa shape index (κ2) is 9.59. The van der Waals surface area contributed by atoms with Crippen molar-refractivity contribution >= 4 is 33.5 Å². The molecule has 36 heavy (non-hydrogen) atoms. The number of nitrogens with two attached hydrogens (primary N) is 1. The van der Waals surface area contributed by atoms with Gasteiger partial charge in [0.05, 0.1) is 34.4 Å². The Balaban J connectivity index is 1.54. The number of amides is 2. The normalized spacial score (nSPS) is 14.7. The Labute approximate surface area is 208 Å². The van der Waals surface area contributed by atoms with E-state index in [4.69, 9.17) is 10.5 Å². The number of hydrogen-bond donors (Lipinski definition) is 1. The largest absolute Gasteiger partial charge is 0.378 e. The molecule has 2 aromatic heterocycles. The molecule has 184 valence electrons. The summed E-state index contributed by atoms with van der Waals surface area (Å²) < 4.78 is 34.0. The Morgan fingerprint density at radius 2 is 1.75 bits per heavy atom. The van der Waals surface area contributed by atoms with Gasteiger partial charge in [0.15, 0.2) is 0 Å². The number of morpholine rings is 1. The van der Waals surface area contributed by atoms with Crippen molar-refractivity contribution in [2.45, 2.75) is 4.90 Å². The van der Waals surface area contributed by atoms with Gasteiger partial charge >= 0.3 is 0 Å². The molecule has 1 fully saturated rings. The minimum absolute atomic E-state index is 0.0649. The first-order valence-electron chi connectivity index (χ1n) is 11.1. The molecule has 11 heteroatoms. The molecule has 5 rings (SSSR count). The molecule has 3 heterocycles. The molecule has 4 aromatic rings. The number of ether oxygens (including phenoxy) is 1. The van der Waals surface area contributed by atoms with Crippen LogP contribution in [-0.4, -0.2) is 68.0 Å². The quantitative estimate of drug-likeness (QED) is 0.443. The molecule has 0 radical (unpaired) electrons. The molecule has 2 aromatic carbocycles. The lowest BCUT2D eigenvalue weighted by atomic mass is 10.1. The monoisotopic (exact) mass is 507 g/mol. The Morgan fingerprint density at radius 3 is 2.39 bits per heavy atom. The Kier molecular flexibility index (Phi) is 6.33. The SMILES string of the molecule is CS(=O)c1cn(-c2ncc(-c3ccc(C(N)=O)cc3F)cn2)c2cc(C(=O)N3CCOCC3)ccc12. The van der Waals surface area contributed by atoms with E-state index in [-0.39, 0.29) is 23.0 Å². The minimum Gasteiger partial charge on any atom is -0.378 e. The first-order chi connectivity index (χ1) is 17.3. The average Bonchev–Trinajstić information content (AvgIpc) is 3.28. The maximum atomic E-state index is 14.5. The summed E-state index contributed by atoms with van der Waals surface area (Å²) in [5.41, 5.74) is 7.03. The van der Waals surface area contributed by atoms with Gasteiger partial charge in [-0.25, -0.2) is 14.4 Å². The standard InChI is InChI=1S/C25H22FN5O4S/c1-36(34)22-14-31(21-11-16(3-5-19(21)22)24(33)30-6-8-35-9-7-30)25-28-12-17(13-29-25)18-4-2-15(23(27)32)10-20(18)26/h2-5,10-14H,6-9H2,1H3,(H2,27,32). The highest BCUT2D eigenvalue weighted by atomic mass is 32.2. The van der Waals surface area contributed by atoms with Gasteiger partial charge in [-0.15, -0.1) is 0 Å². The van der Waals surface area contributed by atoms with Gasteiger partial charge in [0, 0.05) is 65.6 Å². The molecule has 0 saturated carbocycles. The van der Waals surface area contributed by atoms with Crippen LogP contribution in [0.3, 0.4) is 0 Å². The minimum atomic E-state index is -1.30. The van der Waals surface area contributed by atoms with E-state index in [1.165, 1.54) is 24.5 Å². The summed E-state index contributed by atoms with van der Waals surface area (Å²) in [4.78, 5) is 35.4. The Hall–Kier alpha value is -3.96. The van der Waals surface area contributed by atoms with Gasteiger partial charge in [0.1, 0.15) is 5.82 Å². The first-order valence-corrected chi connectivity index (χ1v) is 12.7. The number of rotatable bonds is 5. The molecule has 1 aliphatic rings. The van der Waals surface area contributed by atoms with Crippen LogP contribution in [0.2, 0.25) is 0 Å². The van der Waals surface area contributed by atoms with E-state index in [9.17, 15) is 18.2 Å². The molecule has 2 N–H and O–H groups in total. The zero-order valence-electron chi connectivity index (χ0n) is 19.3. The number of aromatic nitrogens is 3. The molecule has 0 bridgehead atoms. The third kappa shape index (κ3) is 4.38. The van der Waals surface area contributed by atoms with Crippen LogP contribution in [0.15, 0.2) is 59.9 Å². The van der Waals surface area contributed by atoms with Crippen molar-refractivity contribution in [1.29, 1.82) is 0 Å². The van der Waals surface area contributed by atoms with E-state index in [0.29, 0.717) is 47.8 Å². The third-order valence-electron chi connectivity index (χ3n) is 6.04. The van der Waals surface area contributed by atoms with E-state index in [0.717, 1.165) is 11.5 Å². The predicted molar refractivity (Wildman–Crippen MR) is 132 cm³/mol. The number of halogens is 1. The van der Waals surface area contributed by atoms with E-state index in [1.54, 1.807) is 40.1 Å². The third-order valence-corrected chi connectivity index (χ3v) is 6.99. The maximum Gasteiger partial charge on any atom is 0.254 e. The second-order valence-corrected chi connectivity index (χ2v) is 9.63. The highest BCUT2D eigenvalue weighted by Crippen LogP contribution is 2.29. The lowest BCUT2D eigenvalue weighted by Crippen LogP contribution is -2.40. The van der Waals surface area contributed by atoms with Gasteiger partial charge in [0.2, 0.25) is 11.9 Å². The number of primary amides is 1. The van der Waals surface area contributed by atoms with Crippen molar-refractivity contribution in [2.24, 2.45) is 5.73 Å². The second-order valence-electron chi connectivity index (χ2n) is 8.28. The van der Waals surface area contributed by atoms with Crippen LogP contribution in [0.4, 0.5) is 4.39 Å². The molecule has 1 atom stereocenters. The first kappa shape index (κ1) is 23.8. The number of carbonyl (C=O) groups excluding carboxylic acids is 2. The molecule has 1 aliphatic heterocycles. The number of hydrogen-bond acceptors (Lipinski definition) is 6. The van der Waals surface area contributed by atoms with Gasteiger partial charge in [-0.05, 0) is 24.3 Å². The van der Waals surface area contributed by atoms with E-state index in [1.807, 2.05) is 0 Å². The van der Waals surface area contributed by atoms with Gasteiger partial charge < -0.3 is 15.4 Å². The molecule has 0 aliphatic carbocycles. The summed E-state index contributed by atoms with van der Waals surface area (Å²) in [5, 5.41) is 0.718. The summed E-state index contributed by atoms with van der Waals surface area (Å²) in [6.07, 6.45) is 6.18. The number of benzene rings is 2.